The molecule has 0 radical (unpaired) electrons. The third-order valence-electron chi connectivity index (χ3n) is 7.38. The molecule has 3 fully saturated rings. The van der Waals surface area contributed by atoms with Crippen LogP contribution in [0.5, 0.6) is 0 Å². The number of esters is 1. The van der Waals surface area contributed by atoms with Gasteiger partial charge in [-0.05, 0) is 56.4 Å². The van der Waals surface area contributed by atoms with Crippen molar-refractivity contribution in [3.63, 3.8) is 0 Å². The molecule has 36 heavy (non-hydrogen) atoms. The van der Waals surface area contributed by atoms with Gasteiger partial charge in [0.1, 0.15) is 11.6 Å². The van der Waals surface area contributed by atoms with E-state index in [0.717, 1.165) is 6.42 Å². The number of hydrogen-bond donors (Lipinski definition) is 1. The zero-order chi connectivity index (χ0) is 25.9. The van der Waals surface area contributed by atoms with E-state index in [1.807, 2.05) is 0 Å². The fourth-order valence-corrected chi connectivity index (χ4v) is 6.02. The SMILES string of the molecule is C=CCCCOC(=O)[C@@H]1[C@H]2C(=O)N(CCCO)C(C(=O)N(CC=C)c3ccc(Cl)cc3)C23CC[C@H]1O3. The first-order valence-electron chi connectivity index (χ1n) is 12.4. The van der Waals surface area contributed by atoms with Gasteiger partial charge in [0.25, 0.3) is 5.91 Å². The second-order valence-corrected chi connectivity index (χ2v) is 9.91. The molecule has 3 heterocycles. The topological polar surface area (TPSA) is 96.4 Å². The van der Waals surface area contributed by atoms with Crippen LogP contribution in [0.2, 0.25) is 5.02 Å². The number of amides is 2. The Morgan fingerprint density at radius 2 is 2.00 bits per heavy atom. The fourth-order valence-electron chi connectivity index (χ4n) is 5.90. The molecule has 1 aromatic rings. The summed E-state index contributed by atoms with van der Waals surface area (Å²) in [5.41, 5.74) is -0.505. The zero-order valence-corrected chi connectivity index (χ0v) is 21.1. The minimum absolute atomic E-state index is 0.131. The van der Waals surface area contributed by atoms with Crippen molar-refractivity contribution in [2.45, 2.75) is 49.9 Å². The lowest BCUT2D eigenvalue weighted by atomic mass is 9.70. The van der Waals surface area contributed by atoms with Crippen LogP contribution < -0.4 is 4.90 Å². The zero-order valence-electron chi connectivity index (χ0n) is 20.3. The van der Waals surface area contributed by atoms with E-state index in [9.17, 15) is 19.5 Å². The monoisotopic (exact) mass is 516 g/mol. The Balaban J connectivity index is 1.67. The van der Waals surface area contributed by atoms with Gasteiger partial charge in [-0.25, -0.2) is 0 Å². The summed E-state index contributed by atoms with van der Waals surface area (Å²) in [7, 11) is 0. The number of nitrogens with zero attached hydrogens (tertiary/aromatic N) is 2. The molecule has 0 aliphatic carbocycles. The Morgan fingerprint density at radius 1 is 1.25 bits per heavy atom. The van der Waals surface area contributed by atoms with Crippen LogP contribution in [0.15, 0.2) is 49.6 Å². The van der Waals surface area contributed by atoms with E-state index in [0.29, 0.717) is 36.4 Å². The number of carbonyl (C=O) groups is 3. The fraction of sp³-hybridized carbons (Fsp3) is 0.519. The van der Waals surface area contributed by atoms with E-state index < -0.39 is 35.6 Å². The number of rotatable bonds is 12. The van der Waals surface area contributed by atoms with Gasteiger partial charge >= 0.3 is 5.97 Å². The summed E-state index contributed by atoms with van der Waals surface area (Å²) < 4.78 is 11.9. The lowest BCUT2D eigenvalue weighted by Gasteiger charge is -2.36. The molecule has 1 spiro atoms. The van der Waals surface area contributed by atoms with E-state index in [4.69, 9.17) is 21.1 Å². The second kappa shape index (κ2) is 11.2. The van der Waals surface area contributed by atoms with Crippen molar-refractivity contribution < 1.29 is 29.0 Å². The quantitative estimate of drug-likeness (QED) is 0.260. The molecule has 194 valence electrons. The van der Waals surface area contributed by atoms with Crippen molar-refractivity contribution in [1.29, 1.82) is 0 Å². The smallest absolute Gasteiger partial charge is 0.312 e. The predicted molar refractivity (Wildman–Crippen MR) is 135 cm³/mol. The summed E-state index contributed by atoms with van der Waals surface area (Å²) in [5.74, 6) is -2.63. The molecule has 0 saturated carbocycles. The van der Waals surface area contributed by atoms with Crippen molar-refractivity contribution >= 4 is 35.1 Å². The summed E-state index contributed by atoms with van der Waals surface area (Å²) in [5, 5.41) is 10.0. The second-order valence-electron chi connectivity index (χ2n) is 9.48. The van der Waals surface area contributed by atoms with E-state index in [-0.39, 0.29) is 38.1 Å². The van der Waals surface area contributed by atoms with E-state index in [2.05, 4.69) is 13.2 Å². The highest BCUT2D eigenvalue weighted by molar-refractivity contribution is 6.30. The van der Waals surface area contributed by atoms with Crippen LogP contribution in [-0.2, 0) is 23.9 Å². The number of anilines is 1. The Kier molecular flexibility index (Phi) is 8.17. The van der Waals surface area contributed by atoms with Gasteiger partial charge in [0, 0.05) is 30.4 Å². The molecule has 5 atom stereocenters. The van der Waals surface area contributed by atoms with Crippen LogP contribution in [0.4, 0.5) is 5.69 Å². The standard InChI is InChI=1S/C27H33ClN2O6/c1-3-5-6-17-35-26(34)21-20-12-13-27(36-20)22(21)24(32)30(15-7-16-31)23(27)25(33)29(14-4-2)19-10-8-18(28)9-11-19/h3-4,8-11,20-23,31H,1-2,5-7,12-17H2/t20-,21+,22+,23?,27?/m1/s1. The number of carbonyl (C=O) groups excluding carboxylic acids is 3. The lowest BCUT2D eigenvalue weighted by Crippen LogP contribution is -2.56. The number of fused-ring (bicyclic) bond motifs is 1. The van der Waals surface area contributed by atoms with Gasteiger partial charge in [-0.3, -0.25) is 14.4 Å². The average molecular weight is 517 g/mol. The maximum Gasteiger partial charge on any atom is 0.312 e. The molecule has 3 saturated heterocycles. The van der Waals surface area contributed by atoms with Gasteiger partial charge in [-0.2, -0.15) is 0 Å². The van der Waals surface area contributed by atoms with Crippen LogP contribution in [0.1, 0.15) is 32.1 Å². The number of likely N-dealkylation sites (tertiary alicyclic amines) is 1. The molecule has 3 aliphatic heterocycles. The molecule has 2 amide bonds. The van der Waals surface area contributed by atoms with Gasteiger partial charge in [0.05, 0.1) is 24.5 Å². The Bertz CT molecular complexity index is 1010. The van der Waals surface area contributed by atoms with Crippen LogP contribution in [0.3, 0.4) is 0 Å². The number of allylic oxidation sites excluding steroid dienone is 1. The Morgan fingerprint density at radius 3 is 2.67 bits per heavy atom. The van der Waals surface area contributed by atoms with Gasteiger partial charge in [0.15, 0.2) is 0 Å². The molecule has 8 nitrogen and oxygen atoms in total. The van der Waals surface area contributed by atoms with Gasteiger partial charge < -0.3 is 24.4 Å². The number of aliphatic hydroxyl groups is 1. The number of ether oxygens (including phenoxy) is 2. The van der Waals surface area contributed by atoms with Crippen molar-refractivity contribution in [3.8, 4) is 0 Å². The number of unbranched alkanes of at least 4 members (excludes halogenated alkanes) is 1. The Labute approximate surface area is 216 Å². The van der Waals surface area contributed by atoms with Crippen LogP contribution in [0, 0.1) is 11.8 Å². The molecular weight excluding hydrogens is 484 g/mol. The highest BCUT2D eigenvalue weighted by atomic mass is 35.5. The highest BCUT2D eigenvalue weighted by Gasteiger charge is 2.75. The Hall–Kier alpha value is -2.68. The average Bonchev–Trinajstić information content (AvgIpc) is 3.51. The summed E-state index contributed by atoms with van der Waals surface area (Å²) in [6.07, 6.45) is 5.64. The lowest BCUT2D eigenvalue weighted by molar-refractivity contribution is -0.155. The van der Waals surface area contributed by atoms with E-state index >= 15 is 0 Å². The third kappa shape index (κ3) is 4.58. The molecule has 9 heteroatoms. The molecular formula is C27H33ClN2O6. The summed E-state index contributed by atoms with van der Waals surface area (Å²) >= 11 is 6.05. The van der Waals surface area contributed by atoms with Gasteiger partial charge in [-0.15, -0.1) is 13.2 Å². The van der Waals surface area contributed by atoms with Crippen LogP contribution >= 0.6 is 11.6 Å². The first kappa shape index (κ1) is 26.4. The number of aliphatic hydroxyl groups excluding tert-OH is 1. The maximum absolute atomic E-state index is 14.2. The van der Waals surface area contributed by atoms with E-state index in [1.165, 1.54) is 4.90 Å². The molecule has 4 rings (SSSR count). The van der Waals surface area contributed by atoms with Crippen molar-refractivity contribution in [2.24, 2.45) is 11.8 Å². The molecule has 2 bridgehead atoms. The molecule has 1 N–H and O–H groups in total. The van der Waals surface area contributed by atoms with Crippen molar-refractivity contribution in [1.82, 2.24) is 4.90 Å². The van der Waals surface area contributed by atoms with E-state index in [1.54, 1.807) is 41.3 Å². The maximum atomic E-state index is 14.2. The molecule has 0 aromatic heterocycles. The van der Waals surface area contributed by atoms with Crippen LogP contribution in [-0.4, -0.2) is 71.8 Å². The van der Waals surface area contributed by atoms with Gasteiger partial charge in [0.2, 0.25) is 5.91 Å². The largest absolute Gasteiger partial charge is 0.465 e. The van der Waals surface area contributed by atoms with Crippen molar-refractivity contribution in [3.05, 3.63) is 54.6 Å². The first-order chi connectivity index (χ1) is 17.4. The van der Waals surface area contributed by atoms with Crippen molar-refractivity contribution in [2.75, 3.05) is 31.2 Å². The minimum atomic E-state index is -1.12. The summed E-state index contributed by atoms with van der Waals surface area (Å²) in [4.78, 5) is 44.1. The molecule has 3 aliphatic rings. The number of benzene rings is 1. The number of halogens is 1. The first-order valence-corrected chi connectivity index (χ1v) is 12.8. The highest BCUT2D eigenvalue weighted by Crippen LogP contribution is 2.58. The van der Waals surface area contributed by atoms with Gasteiger partial charge in [-0.1, -0.05) is 23.8 Å². The molecule has 2 unspecified atom stereocenters. The summed E-state index contributed by atoms with van der Waals surface area (Å²) in [6.45, 7) is 7.98. The normalized spacial score (nSPS) is 28.2. The summed E-state index contributed by atoms with van der Waals surface area (Å²) in [6, 6.07) is 5.94. The van der Waals surface area contributed by atoms with Crippen LogP contribution in [0.25, 0.3) is 0 Å². The predicted octanol–water partition coefficient (Wildman–Crippen LogP) is 3.13. The number of hydrogen-bond acceptors (Lipinski definition) is 6. The molecule has 1 aromatic carbocycles. The third-order valence-corrected chi connectivity index (χ3v) is 7.63. The minimum Gasteiger partial charge on any atom is -0.465 e.